The molecule has 0 aromatic carbocycles. The van der Waals surface area contributed by atoms with E-state index in [0.717, 1.165) is 31.6 Å². The van der Waals surface area contributed by atoms with Crippen LogP contribution in [-0.4, -0.2) is 28.2 Å². The van der Waals surface area contributed by atoms with E-state index in [-0.39, 0.29) is 5.60 Å². The molecule has 1 saturated heterocycles. The van der Waals surface area contributed by atoms with Crippen LogP contribution in [0.3, 0.4) is 0 Å². The topological polar surface area (TPSA) is 49.9 Å². The van der Waals surface area contributed by atoms with Gasteiger partial charge < -0.3 is 15.0 Å². The first kappa shape index (κ1) is 12.6. The summed E-state index contributed by atoms with van der Waals surface area (Å²) in [7, 11) is 0. The molecule has 4 heteroatoms. The SMILES string of the molecule is CC1(C)CC(NCc2c[nH]c3ncccc23)CCO1. The Bertz CT molecular complexity index is 561. The molecular formula is C15H21N3O. The first-order valence-electron chi connectivity index (χ1n) is 6.92. The summed E-state index contributed by atoms with van der Waals surface area (Å²) in [5.41, 5.74) is 2.25. The largest absolute Gasteiger partial charge is 0.375 e. The molecule has 0 saturated carbocycles. The van der Waals surface area contributed by atoms with Crippen LogP contribution in [0.15, 0.2) is 24.5 Å². The fourth-order valence-corrected chi connectivity index (χ4v) is 2.82. The maximum atomic E-state index is 5.75. The fraction of sp³-hybridized carbons (Fsp3) is 0.533. The van der Waals surface area contributed by atoms with E-state index in [1.807, 2.05) is 12.3 Å². The van der Waals surface area contributed by atoms with Gasteiger partial charge in [-0.25, -0.2) is 4.98 Å². The average Bonchev–Trinajstić information content (AvgIpc) is 2.78. The predicted octanol–water partition coefficient (Wildman–Crippen LogP) is 2.61. The Morgan fingerprint density at radius 2 is 2.42 bits per heavy atom. The van der Waals surface area contributed by atoms with Gasteiger partial charge >= 0.3 is 0 Å². The third-order valence-electron chi connectivity index (χ3n) is 3.82. The highest BCUT2D eigenvalue weighted by Gasteiger charge is 2.28. The second-order valence-corrected chi connectivity index (χ2v) is 5.89. The van der Waals surface area contributed by atoms with Crippen LogP contribution in [0, 0.1) is 0 Å². The zero-order valence-corrected chi connectivity index (χ0v) is 11.6. The van der Waals surface area contributed by atoms with E-state index in [0.29, 0.717) is 6.04 Å². The van der Waals surface area contributed by atoms with Crippen LogP contribution in [0.25, 0.3) is 11.0 Å². The van der Waals surface area contributed by atoms with Gasteiger partial charge in [-0.15, -0.1) is 0 Å². The summed E-state index contributed by atoms with van der Waals surface area (Å²) in [6.45, 7) is 6.06. The number of fused-ring (bicyclic) bond motifs is 1. The quantitative estimate of drug-likeness (QED) is 0.891. The number of hydrogen-bond acceptors (Lipinski definition) is 3. The molecule has 0 radical (unpaired) electrons. The number of nitrogens with zero attached hydrogens (tertiary/aromatic N) is 1. The fourth-order valence-electron chi connectivity index (χ4n) is 2.82. The minimum atomic E-state index is -0.00230. The smallest absolute Gasteiger partial charge is 0.137 e. The van der Waals surface area contributed by atoms with E-state index in [1.54, 1.807) is 0 Å². The average molecular weight is 259 g/mol. The van der Waals surface area contributed by atoms with E-state index >= 15 is 0 Å². The molecule has 1 unspecified atom stereocenters. The Balaban J connectivity index is 1.66. The third-order valence-corrected chi connectivity index (χ3v) is 3.82. The van der Waals surface area contributed by atoms with Gasteiger partial charge in [0.25, 0.3) is 0 Å². The van der Waals surface area contributed by atoms with Crippen molar-refractivity contribution in [3.8, 4) is 0 Å². The lowest BCUT2D eigenvalue weighted by Crippen LogP contribution is -2.43. The standard InChI is InChI=1S/C15H21N3O/c1-15(2)8-12(5-7-19-15)17-9-11-10-18-14-13(11)4-3-6-16-14/h3-4,6,10,12,17H,5,7-9H2,1-2H3,(H,16,18). The number of ether oxygens (including phenoxy) is 1. The number of H-pyrrole nitrogens is 1. The van der Waals surface area contributed by atoms with Crippen LogP contribution < -0.4 is 5.32 Å². The van der Waals surface area contributed by atoms with Crippen LogP contribution >= 0.6 is 0 Å². The van der Waals surface area contributed by atoms with Crippen molar-refractivity contribution in [2.45, 2.75) is 44.9 Å². The van der Waals surface area contributed by atoms with Crippen molar-refractivity contribution >= 4 is 11.0 Å². The molecule has 0 amide bonds. The number of rotatable bonds is 3. The Labute approximate surface area is 113 Å². The third kappa shape index (κ3) is 2.80. The summed E-state index contributed by atoms with van der Waals surface area (Å²) < 4.78 is 5.75. The molecule has 0 spiro atoms. The summed E-state index contributed by atoms with van der Waals surface area (Å²) in [5, 5.41) is 4.85. The molecule has 1 aliphatic rings. The maximum Gasteiger partial charge on any atom is 0.137 e. The van der Waals surface area contributed by atoms with Crippen LogP contribution in [0.1, 0.15) is 32.3 Å². The number of aromatic nitrogens is 2. The number of nitrogens with one attached hydrogen (secondary N) is 2. The van der Waals surface area contributed by atoms with Crippen molar-refractivity contribution in [3.05, 3.63) is 30.1 Å². The summed E-state index contributed by atoms with van der Waals surface area (Å²) in [6, 6.07) is 4.63. The predicted molar refractivity (Wildman–Crippen MR) is 76.0 cm³/mol. The molecule has 102 valence electrons. The van der Waals surface area contributed by atoms with Gasteiger partial charge in [-0.05, 0) is 44.4 Å². The first-order valence-corrected chi connectivity index (χ1v) is 6.92. The first-order chi connectivity index (χ1) is 9.14. The summed E-state index contributed by atoms with van der Waals surface area (Å²) in [5.74, 6) is 0. The molecule has 3 rings (SSSR count). The monoisotopic (exact) mass is 259 g/mol. The van der Waals surface area contributed by atoms with Gasteiger partial charge in [0.05, 0.1) is 5.60 Å². The van der Waals surface area contributed by atoms with E-state index < -0.39 is 0 Å². The van der Waals surface area contributed by atoms with Gasteiger partial charge in [0.2, 0.25) is 0 Å². The van der Waals surface area contributed by atoms with Crippen molar-refractivity contribution in [1.29, 1.82) is 0 Å². The Morgan fingerprint density at radius 1 is 1.53 bits per heavy atom. The van der Waals surface area contributed by atoms with Gasteiger partial charge in [-0.3, -0.25) is 0 Å². The highest BCUT2D eigenvalue weighted by Crippen LogP contribution is 2.24. The zero-order valence-electron chi connectivity index (χ0n) is 11.6. The molecular weight excluding hydrogens is 238 g/mol. The number of pyridine rings is 1. The van der Waals surface area contributed by atoms with Crippen molar-refractivity contribution in [3.63, 3.8) is 0 Å². The Hall–Kier alpha value is -1.39. The lowest BCUT2D eigenvalue weighted by Gasteiger charge is -2.36. The molecule has 0 aliphatic carbocycles. The zero-order chi connectivity index (χ0) is 13.3. The molecule has 2 aromatic rings. The second kappa shape index (κ2) is 4.94. The Kier molecular flexibility index (Phi) is 3.29. The van der Waals surface area contributed by atoms with Gasteiger partial charge in [0.1, 0.15) is 5.65 Å². The number of aromatic amines is 1. The van der Waals surface area contributed by atoms with Gasteiger partial charge in [-0.1, -0.05) is 0 Å². The highest BCUT2D eigenvalue weighted by molar-refractivity contribution is 5.79. The molecule has 4 nitrogen and oxygen atoms in total. The second-order valence-electron chi connectivity index (χ2n) is 5.89. The maximum absolute atomic E-state index is 5.75. The Morgan fingerprint density at radius 3 is 3.26 bits per heavy atom. The van der Waals surface area contributed by atoms with Crippen LogP contribution in [0.4, 0.5) is 0 Å². The van der Waals surface area contributed by atoms with Gasteiger partial charge in [0.15, 0.2) is 0 Å². The van der Waals surface area contributed by atoms with Crippen molar-refractivity contribution < 1.29 is 4.74 Å². The van der Waals surface area contributed by atoms with Crippen molar-refractivity contribution in [2.24, 2.45) is 0 Å². The number of hydrogen-bond donors (Lipinski definition) is 2. The van der Waals surface area contributed by atoms with Gasteiger partial charge in [-0.2, -0.15) is 0 Å². The molecule has 1 fully saturated rings. The summed E-state index contributed by atoms with van der Waals surface area (Å²) in [6.07, 6.45) is 6.02. The molecule has 3 heterocycles. The highest BCUT2D eigenvalue weighted by atomic mass is 16.5. The molecule has 2 aromatic heterocycles. The minimum Gasteiger partial charge on any atom is -0.375 e. The minimum absolute atomic E-state index is 0.00230. The van der Waals surface area contributed by atoms with Crippen molar-refractivity contribution in [2.75, 3.05) is 6.61 Å². The molecule has 1 aliphatic heterocycles. The van der Waals surface area contributed by atoms with E-state index in [2.05, 4.69) is 41.4 Å². The van der Waals surface area contributed by atoms with E-state index in [9.17, 15) is 0 Å². The normalized spacial score (nSPS) is 22.7. The molecule has 1 atom stereocenters. The van der Waals surface area contributed by atoms with Crippen LogP contribution in [0.5, 0.6) is 0 Å². The molecule has 19 heavy (non-hydrogen) atoms. The van der Waals surface area contributed by atoms with E-state index in [1.165, 1.54) is 10.9 Å². The lowest BCUT2D eigenvalue weighted by atomic mass is 9.94. The van der Waals surface area contributed by atoms with E-state index in [4.69, 9.17) is 4.74 Å². The molecule has 2 N–H and O–H groups in total. The summed E-state index contributed by atoms with van der Waals surface area (Å²) >= 11 is 0. The lowest BCUT2D eigenvalue weighted by molar-refractivity contribution is -0.0630. The van der Waals surface area contributed by atoms with Crippen molar-refractivity contribution in [1.82, 2.24) is 15.3 Å². The van der Waals surface area contributed by atoms with Crippen LogP contribution in [-0.2, 0) is 11.3 Å². The van der Waals surface area contributed by atoms with Crippen LogP contribution in [0.2, 0.25) is 0 Å². The van der Waals surface area contributed by atoms with Gasteiger partial charge in [0, 0.05) is 37.0 Å². The molecule has 0 bridgehead atoms. The summed E-state index contributed by atoms with van der Waals surface area (Å²) in [4.78, 5) is 7.53.